The minimum Gasteiger partial charge on any atom is -0.381 e. The molecular formula is C35H44N6O5. The number of hydrogen-bond acceptors (Lipinski definition) is 6. The average molecular weight is 629 g/mol. The molecule has 3 aliphatic heterocycles. The molecule has 2 saturated heterocycles. The molecule has 11 heteroatoms. The first kappa shape index (κ1) is 31.7. The standard InChI is InChI=1S/C35H44N6O5/c1-39-29-12-11-26(21-30(29)40(2)34(39)45)36-31(42)23-41-17-13-27-25(22-41)10-6-7-14-35(15-18-46-19-16-35)33(44)38-28(32(43)37-27)20-24-8-4-3-5-9-24/h3-9,11-12,21,25,27-28H,10,13-20,22-23H2,1-2H3,(H,36,42)(H,37,43)(H,38,44)/b7-6+/t25-,27+,28-/m0/s1. The Morgan fingerprint density at radius 1 is 0.978 bits per heavy atom. The highest BCUT2D eigenvalue weighted by atomic mass is 16.5. The Morgan fingerprint density at radius 3 is 2.52 bits per heavy atom. The number of rotatable bonds is 5. The van der Waals surface area contributed by atoms with E-state index < -0.39 is 11.5 Å². The van der Waals surface area contributed by atoms with Crippen LogP contribution in [0, 0.1) is 11.3 Å². The number of hydrogen-bond donors (Lipinski definition) is 3. The van der Waals surface area contributed by atoms with Gasteiger partial charge in [-0.3, -0.25) is 28.4 Å². The molecule has 0 radical (unpaired) electrons. The highest BCUT2D eigenvalue weighted by Crippen LogP contribution is 2.36. The van der Waals surface area contributed by atoms with Crippen molar-refractivity contribution < 1.29 is 19.1 Å². The average Bonchev–Trinajstić information content (AvgIpc) is 3.27. The molecule has 11 nitrogen and oxygen atoms in total. The lowest BCUT2D eigenvalue weighted by Gasteiger charge is -2.40. The molecule has 3 aromatic rings. The molecule has 0 aliphatic carbocycles. The zero-order chi connectivity index (χ0) is 32.3. The van der Waals surface area contributed by atoms with Crippen molar-refractivity contribution in [2.24, 2.45) is 25.4 Å². The summed E-state index contributed by atoms with van der Waals surface area (Å²) in [5, 5.41) is 9.43. The van der Waals surface area contributed by atoms with E-state index in [0.29, 0.717) is 64.1 Å². The molecule has 3 atom stereocenters. The van der Waals surface area contributed by atoms with Crippen molar-refractivity contribution >= 4 is 34.4 Å². The van der Waals surface area contributed by atoms with E-state index >= 15 is 0 Å². The smallest absolute Gasteiger partial charge is 0.328 e. The number of amides is 3. The summed E-state index contributed by atoms with van der Waals surface area (Å²) in [5.74, 6) is -0.271. The van der Waals surface area contributed by atoms with Crippen LogP contribution in [0.3, 0.4) is 0 Å². The van der Waals surface area contributed by atoms with Crippen molar-refractivity contribution in [1.82, 2.24) is 24.7 Å². The van der Waals surface area contributed by atoms with Crippen molar-refractivity contribution in [3.63, 3.8) is 0 Å². The second kappa shape index (κ2) is 13.6. The van der Waals surface area contributed by atoms with Crippen LogP contribution in [0.25, 0.3) is 11.0 Å². The van der Waals surface area contributed by atoms with Gasteiger partial charge in [-0.1, -0.05) is 42.5 Å². The van der Waals surface area contributed by atoms with Gasteiger partial charge in [0.25, 0.3) is 0 Å². The van der Waals surface area contributed by atoms with Crippen LogP contribution < -0.4 is 21.6 Å². The molecule has 0 unspecified atom stereocenters. The largest absolute Gasteiger partial charge is 0.381 e. The number of aryl methyl sites for hydroxylation is 2. The molecule has 4 heterocycles. The van der Waals surface area contributed by atoms with Crippen molar-refractivity contribution in [3.05, 3.63) is 76.7 Å². The van der Waals surface area contributed by atoms with E-state index in [1.807, 2.05) is 48.5 Å². The Bertz CT molecular complexity index is 1670. The molecule has 3 aliphatic rings. The van der Waals surface area contributed by atoms with Gasteiger partial charge in [0.05, 0.1) is 23.0 Å². The zero-order valence-electron chi connectivity index (χ0n) is 26.7. The molecule has 1 aromatic heterocycles. The van der Waals surface area contributed by atoms with Crippen LogP contribution in [0.1, 0.15) is 37.7 Å². The Labute approximate surface area is 269 Å². The number of fused-ring (bicyclic) bond motifs is 2. The Balaban J connectivity index is 1.16. The number of aromatic nitrogens is 2. The van der Waals surface area contributed by atoms with Gasteiger partial charge in [-0.05, 0) is 61.8 Å². The number of anilines is 1. The molecule has 2 aromatic carbocycles. The van der Waals surface area contributed by atoms with Gasteiger partial charge >= 0.3 is 5.69 Å². The van der Waals surface area contributed by atoms with E-state index in [-0.39, 0.29) is 41.9 Å². The molecule has 0 saturated carbocycles. The first-order valence-electron chi connectivity index (χ1n) is 16.3. The lowest BCUT2D eigenvalue weighted by Crippen LogP contribution is -2.58. The van der Waals surface area contributed by atoms with Gasteiger partial charge in [0.2, 0.25) is 17.7 Å². The number of ether oxygens (including phenoxy) is 1. The van der Waals surface area contributed by atoms with Crippen LogP contribution >= 0.6 is 0 Å². The second-order valence-electron chi connectivity index (χ2n) is 13.1. The van der Waals surface area contributed by atoms with Gasteiger partial charge in [-0.15, -0.1) is 0 Å². The van der Waals surface area contributed by atoms with E-state index in [0.717, 1.165) is 23.0 Å². The third kappa shape index (κ3) is 6.80. The Kier molecular flexibility index (Phi) is 9.42. The van der Waals surface area contributed by atoms with Gasteiger partial charge in [0, 0.05) is 58.5 Å². The van der Waals surface area contributed by atoms with Gasteiger partial charge in [-0.2, -0.15) is 0 Å². The molecule has 244 valence electrons. The lowest BCUT2D eigenvalue weighted by atomic mass is 9.75. The van der Waals surface area contributed by atoms with Gasteiger partial charge in [-0.25, -0.2) is 4.79 Å². The molecule has 3 N–H and O–H groups in total. The van der Waals surface area contributed by atoms with Gasteiger partial charge in [0.15, 0.2) is 0 Å². The SMILES string of the molecule is Cn1c(=O)n(C)c2cc(NC(=O)CN3CC[C@H]4NC(=O)[C@H](Cc5ccccc5)NC(=O)C5(C/C=C/C[C@H]4C3)CCOCC5)ccc21. The summed E-state index contributed by atoms with van der Waals surface area (Å²) in [6, 6.07) is 14.5. The number of carbonyl (C=O) groups excluding carboxylic acids is 3. The number of imidazole rings is 1. The van der Waals surface area contributed by atoms with Gasteiger partial charge in [0.1, 0.15) is 6.04 Å². The monoisotopic (exact) mass is 628 g/mol. The normalized spacial score (nSPS) is 24.7. The number of allylic oxidation sites excluding steroid dienone is 2. The molecular weight excluding hydrogens is 584 g/mol. The van der Waals surface area contributed by atoms with Crippen molar-refractivity contribution in [2.75, 3.05) is 38.2 Å². The van der Waals surface area contributed by atoms with Crippen LogP contribution in [-0.2, 0) is 39.6 Å². The van der Waals surface area contributed by atoms with Crippen LogP contribution in [0.4, 0.5) is 5.69 Å². The molecule has 3 amide bonds. The molecule has 0 bridgehead atoms. The summed E-state index contributed by atoms with van der Waals surface area (Å²) in [7, 11) is 3.45. The predicted octanol–water partition coefficient (Wildman–Crippen LogP) is 2.50. The Morgan fingerprint density at radius 2 is 1.74 bits per heavy atom. The molecule has 46 heavy (non-hydrogen) atoms. The van der Waals surface area contributed by atoms with E-state index in [2.05, 4.69) is 33.0 Å². The summed E-state index contributed by atoms with van der Waals surface area (Å²) in [6.07, 6.45) is 7.94. The quantitative estimate of drug-likeness (QED) is 0.373. The molecule has 6 rings (SSSR count). The maximum Gasteiger partial charge on any atom is 0.328 e. The summed E-state index contributed by atoms with van der Waals surface area (Å²) in [6.45, 7) is 2.58. The summed E-state index contributed by atoms with van der Waals surface area (Å²) in [5.41, 5.74) is 2.47. The van der Waals surface area contributed by atoms with Gasteiger partial charge < -0.3 is 20.7 Å². The number of carbonyl (C=O) groups is 3. The fourth-order valence-electron chi connectivity index (χ4n) is 7.19. The number of likely N-dealkylation sites (tertiary alicyclic amines) is 1. The first-order valence-corrected chi connectivity index (χ1v) is 16.3. The number of piperidine rings is 1. The van der Waals surface area contributed by atoms with Crippen LogP contribution in [-0.4, -0.2) is 76.7 Å². The topological polar surface area (TPSA) is 127 Å². The minimum absolute atomic E-state index is 0.0788. The van der Waals surface area contributed by atoms with Crippen LogP contribution in [0.5, 0.6) is 0 Å². The van der Waals surface area contributed by atoms with E-state index in [1.54, 1.807) is 23.2 Å². The first-order chi connectivity index (χ1) is 22.2. The second-order valence-corrected chi connectivity index (χ2v) is 13.1. The lowest BCUT2D eigenvalue weighted by molar-refractivity contribution is -0.140. The predicted molar refractivity (Wildman–Crippen MR) is 176 cm³/mol. The summed E-state index contributed by atoms with van der Waals surface area (Å²) < 4.78 is 8.76. The number of nitrogens with one attached hydrogen (secondary N) is 3. The Hall–Kier alpha value is -4.22. The fraction of sp³-hybridized carbons (Fsp3) is 0.486. The van der Waals surface area contributed by atoms with Crippen molar-refractivity contribution in [2.45, 2.75) is 50.6 Å². The van der Waals surface area contributed by atoms with E-state index in [9.17, 15) is 19.2 Å². The molecule has 1 spiro atoms. The van der Waals surface area contributed by atoms with Crippen molar-refractivity contribution in [3.8, 4) is 0 Å². The van der Waals surface area contributed by atoms with Crippen LogP contribution in [0.2, 0.25) is 0 Å². The van der Waals surface area contributed by atoms with E-state index in [4.69, 9.17) is 4.74 Å². The highest BCUT2D eigenvalue weighted by Gasteiger charge is 2.41. The number of benzene rings is 2. The summed E-state index contributed by atoms with van der Waals surface area (Å²) in [4.78, 5) is 55.2. The minimum atomic E-state index is -0.691. The summed E-state index contributed by atoms with van der Waals surface area (Å²) >= 11 is 0. The molecule has 2 fully saturated rings. The third-order valence-electron chi connectivity index (χ3n) is 10.0. The van der Waals surface area contributed by atoms with E-state index in [1.165, 1.54) is 0 Å². The third-order valence-corrected chi connectivity index (χ3v) is 10.0. The maximum atomic E-state index is 13.8. The van der Waals surface area contributed by atoms with Crippen LogP contribution in [0.15, 0.2) is 65.5 Å². The fourth-order valence-corrected chi connectivity index (χ4v) is 7.19. The zero-order valence-corrected chi connectivity index (χ0v) is 26.7. The maximum absolute atomic E-state index is 13.8. The highest BCUT2D eigenvalue weighted by molar-refractivity contribution is 5.94. The number of nitrogens with zero attached hydrogens (tertiary/aromatic N) is 3. The van der Waals surface area contributed by atoms with Crippen molar-refractivity contribution in [1.29, 1.82) is 0 Å².